The monoisotopic (exact) mass is 339 g/mol. The summed E-state index contributed by atoms with van der Waals surface area (Å²) in [7, 11) is 0. The SMILES string of the molecule is O=C(NC1(C(=O)O)CCCCCC1)c1ccc(Br)cc1. The number of hydrogen-bond acceptors (Lipinski definition) is 2. The molecule has 0 bridgehead atoms. The fraction of sp³-hybridized carbons (Fsp3) is 0.467. The van der Waals surface area contributed by atoms with Gasteiger partial charge in [-0.1, -0.05) is 41.6 Å². The van der Waals surface area contributed by atoms with Crippen LogP contribution in [0.5, 0.6) is 0 Å². The number of carbonyl (C=O) groups is 2. The number of rotatable bonds is 3. The summed E-state index contributed by atoms with van der Waals surface area (Å²) in [5.74, 6) is -1.24. The predicted molar refractivity (Wildman–Crippen MR) is 79.7 cm³/mol. The topological polar surface area (TPSA) is 66.4 Å². The van der Waals surface area contributed by atoms with Gasteiger partial charge in [0.05, 0.1) is 0 Å². The molecule has 5 heteroatoms. The Morgan fingerprint density at radius 1 is 1.05 bits per heavy atom. The molecule has 1 aromatic rings. The first kappa shape index (κ1) is 15.0. The van der Waals surface area contributed by atoms with E-state index in [9.17, 15) is 14.7 Å². The molecule has 1 saturated carbocycles. The van der Waals surface area contributed by atoms with E-state index < -0.39 is 11.5 Å². The minimum absolute atomic E-state index is 0.318. The first-order chi connectivity index (χ1) is 9.53. The molecule has 0 heterocycles. The van der Waals surface area contributed by atoms with E-state index in [1.54, 1.807) is 24.3 Å². The number of halogens is 1. The summed E-state index contributed by atoms with van der Waals surface area (Å²) >= 11 is 3.31. The van der Waals surface area contributed by atoms with Gasteiger partial charge < -0.3 is 10.4 Å². The average Bonchev–Trinajstić information content (AvgIpc) is 2.66. The van der Waals surface area contributed by atoms with Gasteiger partial charge in [-0.05, 0) is 37.1 Å². The van der Waals surface area contributed by atoms with E-state index in [1.165, 1.54) is 0 Å². The molecule has 0 spiro atoms. The maximum atomic E-state index is 12.3. The minimum atomic E-state index is -1.11. The van der Waals surface area contributed by atoms with E-state index >= 15 is 0 Å². The van der Waals surface area contributed by atoms with E-state index in [4.69, 9.17) is 0 Å². The van der Waals surface area contributed by atoms with Gasteiger partial charge in [-0.25, -0.2) is 4.79 Å². The molecule has 4 nitrogen and oxygen atoms in total. The number of carboxylic acids is 1. The number of carbonyl (C=O) groups excluding carboxylic acids is 1. The third-order valence-corrected chi connectivity index (χ3v) is 4.35. The second kappa shape index (κ2) is 6.39. The van der Waals surface area contributed by atoms with Crippen LogP contribution in [0.2, 0.25) is 0 Å². The summed E-state index contributed by atoms with van der Waals surface area (Å²) in [5.41, 5.74) is -0.626. The van der Waals surface area contributed by atoms with E-state index in [-0.39, 0.29) is 5.91 Å². The van der Waals surface area contributed by atoms with Crippen molar-refractivity contribution < 1.29 is 14.7 Å². The molecular formula is C15H18BrNO3. The molecule has 1 aromatic carbocycles. The Morgan fingerprint density at radius 2 is 1.60 bits per heavy atom. The van der Waals surface area contributed by atoms with Crippen LogP contribution < -0.4 is 5.32 Å². The third-order valence-electron chi connectivity index (χ3n) is 3.83. The normalized spacial score (nSPS) is 18.1. The Hall–Kier alpha value is -1.36. The number of nitrogens with one attached hydrogen (secondary N) is 1. The van der Waals surface area contributed by atoms with E-state index in [2.05, 4.69) is 21.2 Å². The zero-order valence-corrected chi connectivity index (χ0v) is 12.8. The number of amides is 1. The molecule has 0 atom stereocenters. The molecule has 0 aromatic heterocycles. The Bertz CT molecular complexity index is 490. The van der Waals surface area contributed by atoms with Gasteiger partial charge in [-0.2, -0.15) is 0 Å². The van der Waals surface area contributed by atoms with Gasteiger partial charge in [0.1, 0.15) is 5.54 Å². The molecule has 0 radical (unpaired) electrons. The summed E-state index contributed by atoms with van der Waals surface area (Å²) in [6, 6.07) is 6.92. The van der Waals surface area contributed by atoms with Crippen LogP contribution in [0.15, 0.2) is 28.7 Å². The van der Waals surface area contributed by atoms with Crippen LogP contribution in [-0.2, 0) is 4.79 Å². The first-order valence-corrected chi connectivity index (χ1v) is 7.64. The van der Waals surface area contributed by atoms with Crippen molar-refractivity contribution in [2.24, 2.45) is 0 Å². The molecule has 20 heavy (non-hydrogen) atoms. The van der Waals surface area contributed by atoms with Crippen LogP contribution in [0.1, 0.15) is 48.9 Å². The van der Waals surface area contributed by atoms with Gasteiger partial charge in [0.2, 0.25) is 0 Å². The van der Waals surface area contributed by atoms with E-state index in [0.717, 1.165) is 30.2 Å². The minimum Gasteiger partial charge on any atom is -0.480 e. The lowest BCUT2D eigenvalue weighted by Crippen LogP contribution is -2.54. The zero-order chi connectivity index (χ0) is 14.6. The molecule has 0 saturated heterocycles. The molecule has 0 unspecified atom stereocenters. The Kier molecular flexibility index (Phi) is 4.81. The summed E-state index contributed by atoms with van der Waals surface area (Å²) in [4.78, 5) is 23.9. The highest BCUT2D eigenvalue weighted by Crippen LogP contribution is 2.28. The van der Waals surface area contributed by atoms with Crippen LogP contribution in [0.25, 0.3) is 0 Å². The summed E-state index contributed by atoms with van der Waals surface area (Å²) in [5, 5.41) is 12.3. The van der Waals surface area contributed by atoms with Crippen LogP contribution >= 0.6 is 15.9 Å². The molecule has 1 aliphatic carbocycles. The van der Waals surface area contributed by atoms with Crippen molar-refractivity contribution in [2.45, 2.75) is 44.1 Å². The molecular weight excluding hydrogens is 322 g/mol. The van der Waals surface area contributed by atoms with E-state index in [1.807, 2.05) is 0 Å². The second-order valence-corrected chi connectivity index (χ2v) is 6.18. The summed E-state index contributed by atoms with van der Waals surface area (Å²) < 4.78 is 0.886. The summed E-state index contributed by atoms with van der Waals surface area (Å²) in [6.07, 6.45) is 4.75. The highest BCUT2D eigenvalue weighted by atomic mass is 79.9. The lowest BCUT2D eigenvalue weighted by Gasteiger charge is -2.29. The molecule has 2 N–H and O–H groups in total. The zero-order valence-electron chi connectivity index (χ0n) is 11.2. The number of benzene rings is 1. The van der Waals surface area contributed by atoms with Gasteiger partial charge in [-0.15, -0.1) is 0 Å². The average molecular weight is 340 g/mol. The molecule has 108 valence electrons. The Morgan fingerprint density at radius 3 is 2.10 bits per heavy atom. The third kappa shape index (κ3) is 3.39. The summed E-state index contributed by atoms with van der Waals surface area (Å²) in [6.45, 7) is 0. The maximum Gasteiger partial charge on any atom is 0.329 e. The van der Waals surface area contributed by atoms with Crippen molar-refractivity contribution in [1.29, 1.82) is 0 Å². The van der Waals surface area contributed by atoms with E-state index in [0.29, 0.717) is 18.4 Å². The number of hydrogen-bond donors (Lipinski definition) is 2. The highest BCUT2D eigenvalue weighted by molar-refractivity contribution is 9.10. The lowest BCUT2D eigenvalue weighted by atomic mass is 9.90. The van der Waals surface area contributed by atoms with Crippen LogP contribution in [0.3, 0.4) is 0 Å². The van der Waals surface area contributed by atoms with Crippen LogP contribution in [0, 0.1) is 0 Å². The van der Waals surface area contributed by atoms with Crippen molar-refractivity contribution in [1.82, 2.24) is 5.32 Å². The van der Waals surface area contributed by atoms with Crippen molar-refractivity contribution in [3.05, 3.63) is 34.3 Å². The predicted octanol–water partition coefficient (Wildman–Crippen LogP) is 3.36. The maximum absolute atomic E-state index is 12.3. The van der Waals surface area contributed by atoms with Crippen LogP contribution in [0.4, 0.5) is 0 Å². The highest BCUT2D eigenvalue weighted by Gasteiger charge is 2.40. The van der Waals surface area contributed by atoms with Crippen molar-refractivity contribution in [2.75, 3.05) is 0 Å². The smallest absolute Gasteiger partial charge is 0.329 e. The van der Waals surface area contributed by atoms with Gasteiger partial charge in [0.25, 0.3) is 5.91 Å². The largest absolute Gasteiger partial charge is 0.480 e. The van der Waals surface area contributed by atoms with Crippen LogP contribution in [-0.4, -0.2) is 22.5 Å². The second-order valence-electron chi connectivity index (χ2n) is 5.26. The Labute approximate surface area is 126 Å². The fourth-order valence-corrected chi connectivity index (χ4v) is 2.88. The molecule has 1 fully saturated rings. The van der Waals surface area contributed by atoms with Gasteiger partial charge in [-0.3, -0.25) is 4.79 Å². The quantitative estimate of drug-likeness (QED) is 0.829. The first-order valence-electron chi connectivity index (χ1n) is 6.85. The van der Waals surface area contributed by atoms with Gasteiger partial charge in [0.15, 0.2) is 0 Å². The molecule has 0 aliphatic heterocycles. The lowest BCUT2D eigenvalue weighted by molar-refractivity contribution is -0.145. The standard InChI is InChI=1S/C15H18BrNO3/c16-12-7-5-11(6-8-12)13(18)17-15(14(19)20)9-3-1-2-4-10-15/h5-8H,1-4,9-10H2,(H,17,18)(H,19,20). The number of carboxylic acid groups (broad SMARTS) is 1. The molecule has 2 rings (SSSR count). The molecule has 1 amide bonds. The van der Waals surface area contributed by atoms with Crippen molar-refractivity contribution in [3.63, 3.8) is 0 Å². The van der Waals surface area contributed by atoms with Crippen molar-refractivity contribution in [3.8, 4) is 0 Å². The molecule has 1 aliphatic rings. The van der Waals surface area contributed by atoms with Crippen molar-refractivity contribution >= 4 is 27.8 Å². The van der Waals surface area contributed by atoms with Gasteiger partial charge in [0, 0.05) is 10.0 Å². The number of aliphatic carboxylic acids is 1. The fourth-order valence-electron chi connectivity index (χ4n) is 2.62. The van der Waals surface area contributed by atoms with Gasteiger partial charge >= 0.3 is 5.97 Å². The Balaban J connectivity index is 2.17.